The maximum absolute atomic E-state index is 12.9. The summed E-state index contributed by atoms with van der Waals surface area (Å²) in [6.07, 6.45) is 0.777. The number of carbonyl (C=O) groups excluding carboxylic acids is 2. The zero-order chi connectivity index (χ0) is 24.5. The van der Waals surface area contributed by atoms with E-state index in [1.165, 1.54) is 6.92 Å². The second-order valence-corrected chi connectivity index (χ2v) is 9.03. The van der Waals surface area contributed by atoms with Crippen molar-refractivity contribution >= 4 is 30.3 Å². The number of nitrogens with one attached hydrogen (secondary N) is 1. The highest BCUT2D eigenvalue weighted by molar-refractivity contribution is 7.81. The lowest BCUT2D eigenvalue weighted by atomic mass is 9.90. The third kappa shape index (κ3) is 7.32. The van der Waals surface area contributed by atoms with Crippen LogP contribution in [0.25, 0.3) is 11.1 Å². The van der Waals surface area contributed by atoms with Gasteiger partial charge in [-0.2, -0.15) is 12.6 Å². The van der Waals surface area contributed by atoms with Crippen LogP contribution in [-0.4, -0.2) is 34.1 Å². The van der Waals surface area contributed by atoms with Gasteiger partial charge in [0.15, 0.2) is 0 Å². The topological polar surface area (TPSA) is 83.5 Å². The number of ketones is 1. The number of thiol groups is 1. The summed E-state index contributed by atoms with van der Waals surface area (Å²) in [5.41, 5.74) is 4.04. The molecule has 0 saturated carbocycles. The van der Waals surface area contributed by atoms with Crippen molar-refractivity contribution in [1.29, 1.82) is 0 Å². The van der Waals surface area contributed by atoms with Crippen LogP contribution in [0.4, 0.5) is 0 Å². The quantitative estimate of drug-likeness (QED) is 0.354. The summed E-state index contributed by atoms with van der Waals surface area (Å²) in [6, 6.07) is 26.4. The summed E-state index contributed by atoms with van der Waals surface area (Å²) in [6.45, 7) is 1.41. The lowest BCUT2D eigenvalue weighted by molar-refractivity contribution is -0.142. The molecule has 1 amide bonds. The predicted molar refractivity (Wildman–Crippen MR) is 137 cm³/mol. The molecule has 3 rings (SSSR count). The Morgan fingerprint density at radius 2 is 1.32 bits per heavy atom. The van der Waals surface area contributed by atoms with Crippen LogP contribution < -0.4 is 5.32 Å². The molecule has 0 aliphatic carbocycles. The Kier molecular flexibility index (Phi) is 9.05. The van der Waals surface area contributed by atoms with E-state index in [0.717, 1.165) is 22.3 Å². The molecule has 0 saturated heterocycles. The van der Waals surface area contributed by atoms with Gasteiger partial charge in [-0.1, -0.05) is 84.9 Å². The molecule has 3 aromatic rings. The van der Waals surface area contributed by atoms with Crippen molar-refractivity contribution in [2.75, 3.05) is 0 Å². The van der Waals surface area contributed by atoms with Crippen molar-refractivity contribution in [3.63, 3.8) is 0 Å². The average Bonchev–Trinajstić information content (AvgIpc) is 2.85. The van der Waals surface area contributed by atoms with Gasteiger partial charge in [0.2, 0.25) is 5.91 Å². The van der Waals surface area contributed by atoms with Gasteiger partial charge < -0.3 is 10.4 Å². The molecular weight excluding hydrogens is 446 g/mol. The summed E-state index contributed by atoms with van der Waals surface area (Å²) < 4.78 is 0. The van der Waals surface area contributed by atoms with Gasteiger partial charge in [0, 0.05) is 12.3 Å². The Morgan fingerprint density at radius 3 is 1.91 bits per heavy atom. The number of rotatable bonds is 11. The number of hydrogen-bond donors (Lipinski definition) is 3. The van der Waals surface area contributed by atoms with Gasteiger partial charge in [0.1, 0.15) is 11.8 Å². The zero-order valence-electron chi connectivity index (χ0n) is 19.1. The van der Waals surface area contributed by atoms with Crippen molar-refractivity contribution in [2.24, 2.45) is 5.92 Å². The minimum atomic E-state index is -1.12. The van der Waals surface area contributed by atoms with Crippen LogP contribution in [0.15, 0.2) is 84.9 Å². The zero-order valence-corrected chi connectivity index (χ0v) is 19.9. The van der Waals surface area contributed by atoms with E-state index in [1.54, 1.807) is 0 Å². The Hall–Kier alpha value is -3.38. The van der Waals surface area contributed by atoms with E-state index in [9.17, 15) is 19.5 Å². The van der Waals surface area contributed by atoms with Gasteiger partial charge in [0.25, 0.3) is 0 Å². The van der Waals surface area contributed by atoms with Crippen molar-refractivity contribution < 1.29 is 19.5 Å². The molecule has 0 aromatic heterocycles. The second-order valence-electron chi connectivity index (χ2n) is 8.41. The van der Waals surface area contributed by atoms with Crippen LogP contribution in [0.1, 0.15) is 24.5 Å². The van der Waals surface area contributed by atoms with E-state index in [-0.39, 0.29) is 12.2 Å². The Balaban J connectivity index is 1.73. The first-order chi connectivity index (χ1) is 16.3. The monoisotopic (exact) mass is 475 g/mol. The SMILES string of the molecule is C[C@H](NC(=O)C(CC(=O)C(S)Cc1ccccc1)Cc1ccc(-c2ccccc2)cc1)C(=O)O. The fourth-order valence-electron chi connectivity index (χ4n) is 3.73. The summed E-state index contributed by atoms with van der Waals surface area (Å²) in [5, 5.41) is 11.2. The smallest absolute Gasteiger partial charge is 0.325 e. The number of carbonyl (C=O) groups is 3. The van der Waals surface area contributed by atoms with Crippen molar-refractivity contribution in [2.45, 2.75) is 37.5 Å². The van der Waals surface area contributed by atoms with E-state index in [1.807, 2.05) is 84.9 Å². The highest BCUT2D eigenvalue weighted by Gasteiger charge is 2.27. The van der Waals surface area contributed by atoms with Crippen molar-refractivity contribution in [3.8, 4) is 11.1 Å². The first-order valence-electron chi connectivity index (χ1n) is 11.3. The lowest BCUT2D eigenvalue weighted by Crippen LogP contribution is -2.43. The Morgan fingerprint density at radius 1 is 0.794 bits per heavy atom. The first-order valence-corrected chi connectivity index (χ1v) is 11.8. The van der Waals surface area contributed by atoms with Gasteiger partial charge in [-0.05, 0) is 42.0 Å². The first kappa shape index (κ1) is 25.2. The van der Waals surface area contributed by atoms with Gasteiger partial charge in [0.05, 0.1) is 5.25 Å². The number of benzene rings is 3. The molecule has 6 heteroatoms. The van der Waals surface area contributed by atoms with E-state index in [2.05, 4.69) is 17.9 Å². The highest BCUT2D eigenvalue weighted by Crippen LogP contribution is 2.22. The van der Waals surface area contributed by atoms with Crippen molar-refractivity contribution in [1.82, 2.24) is 5.32 Å². The molecule has 3 aromatic carbocycles. The van der Waals surface area contributed by atoms with Gasteiger partial charge >= 0.3 is 5.97 Å². The standard InChI is InChI=1S/C28H29NO4S/c1-19(28(32)33)29-27(31)24(18-25(30)26(34)17-20-8-4-2-5-9-20)16-21-12-14-23(15-13-21)22-10-6-3-7-11-22/h2-15,19,24,26,34H,16-18H2,1H3,(H,29,31)(H,32,33)/t19-,24?,26?/m0/s1. The van der Waals surface area contributed by atoms with Crippen LogP contribution in [0, 0.1) is 5.92 Å². The number of hydrogen-bond acceptors (Lipinski definition) is 4. The third-order valence-electron chi connectivity index (χ3n) is 5.73. The molecule has 0 spiro atoms. The summed E-state index contributed by atoms with van der Waals surface area (Å²) in [4.78, 5) is 37.1. The van der Waals surface area contributed by atoms with E-state index < -0.39 is 29.1 Å². The fraction of sp³-hybridized carbons (Fsp3) is 0.250. The molecule has 0 heterocycles. The van der Waals surface area contributed by atoms with Crippen LogP contribution in [0.3, 0.4) is 0 Å². The summed E-state index contributed by atoms with van der Waals surface area (Å²) >= 11 is 4.49. The molecule has 2 unspecified atom stereocenters. The summed E-state index contributed by atoms with van der Waals surface area (Å²) in [5.74, 6) is -2.41. The van der Waals surface area contributed by atoms with E-state index in [4.69, 9.17) is 0 Å². The van der Waals surface area contributed by atoms with Crippen LogP contribution in [0.5, 0.6) is 0 Å². The number of amides is 1. The minimum absolute atomic E-state index is 0.0143. The maximum Gasteiger partial charge on any atom is 0.325 e. The fourth-order valence-corrected chi connectivity index (χ4v) is 4.05. The average molecular weight is 476 g/mol. The largest absolute Gasteiger partial charge is 0.480 e. The Labute approximate surface area is 205 Å². The second kappa shape index (κ2) is 12.2. The molecule has 34 heavy (non-hydrogen) atoms. The van der Waals surface area contributed by atoms with Crippen molar-refractivity contribution in [3.05, 3.63) is 96.1 Å². The normalized spacial score (nSPS) is 13.5. The molecule has 0 radical (unpaired) electrons. The lowest BCUT2D eigenvalue weighted by Gasteiger charge is -2.20. The molecule has 0 aliphatic heterocycles. The molecule has 0 bridgehead atoms. The molecule has 0 aliphatic rings. The number of aliphatic carboxylic acids is 1. The molecule has 3 atom stereocenters. The number of carboxylic acids is 1. The Bertz CT molecular complexity index is 1100. The van der Waals surface area contributed by atoms with Crippen LogP contribution in [-0.2, 0) is 27.2 Å². The minimum Gasteiger partial charge on any atom is -0.480 e. The maximum atomic E-state index is 12.9. The third-order valence-corrected chi connectivity index (χ3v) is 6.20. The molecule has 2 N–H and O–H groups in total. The molecule has 0 fully saturated rings. The van der Waals surface area contributed by atoms with Crippen LogP contribution >= 0.6 is 12.6 Å². The number of carboxylic acid groups (broad SMARTS) is 1. The van der Waals surface area contributed by atoms with E-state index >= 15 is 0 Å². The molecule has 176 valence electrons. The number of Topliss-reactive ketones (excluding diaryl/α,β-unsaturated/α-hetero) is 1. The summed E-state index contributed by atoms with van der Waals surface area (Å²) in [7, 11) is 0. The van der Waals surface area contributed by atoms with Crippen LogP contribution in [0.2, 0.25) is 0 Å². The predicted octanol–water partition coefficient (Wildman–Crippen LogP) is 4.60. The molecular formula is C28H29NO4S. The molecule has 5 nitrogen and oxygen atoms in total. The van der Waals surface area contributed by atoms with Gasteiger partial charge in [-0.15, -0.1) is 0 Å². The van der Waals surface area contributed by atoms with Gasteiger partial charge in [-0.25, -0.2) is 0 Å². The van der Waals surface area contributed by atoms with Gasteiger partial charge in [-0.3, -0.25) is 14.4 Å². The van der Waals surface area contributed by atoms with E-state index in [0.29, 0.717) is 12.8 Å². The highest BCUT2D eigenvalue weighted by atomic mass is 32.1.